The molecule has 360 valence electrons. The van der Waals surface area contributed by atoms with Gasteiger partial charge in [-0.05, 0) is 57.8 Å². The van der Waals surface area contributed by atoms with E-state index in [1.807, 2.05) is 21.1 Å². The van der Waals surface area contributed by atoms with Gasteiger partial charge in [0.25, 0.3) is 7.82 Å². The van der Waals surface area contributed by atoms with Gasteiger partial charge in [0.2, 0.25) is 0 Å². The summed E-state index contributed by atoms with van der Waals surface area (Å²) in [5.74, 6) is -0.868. The van der Waals surface area contributed by atoms with Crippen LogP contribution in [0.25, 0.3) is 0 Å². The molecular formula is C52H94NO8P. The lowest BCUT2D eigenvalue weighted by molar-refractivity contribution is -0.870. The van der Waals surface area contributed by atoms with E-state index >= 15 is 0 Å². The van der Waals surface area contributed by atoms with Crippen LogP contribution in [0, 0.1) is 0 Å². The average Bonchev–Trinajstić information content (AvgIpc) is 3.23. The molecule has 9 nitrogen and oxygen atoms in total. The minimum absolute atomic E-state index is 0.0389. The third kappa shape index (κ3) is 47.2. The lowest BCUT2D eigenvalue weighted by Crippen LogP contribution is -2.37. The summed E-state index contributed by atoms with van der Waals surface area (Å²) in [5, 5.41) is 0. The van der Waals surface area contributed by atoms with Gasteiger partial charge in [0.05, 0.1) is 27.7 Å². The number of nitrogens with zero attached hydrogens (tertiary/aromatic N) is 1. The fraction of sp³-hybridized carbons (Fsp3) is 0.769. The van der Waals surface area contributed by atoms with Crippen molar-refractivity contribution < 1.29 is 42.1 Å². The normalized spacial score (nSPS) is 14.0. The van der Waals surface area contributed by atoms with Crippen molar-refractivity contribution in [3.05, 3.63) is 60.8 Å². The number of ether oxygens (including phenoxy) is 2. The predicted octanol–water partition coefficient (Wildman–Crippen LogP) is 14.2. The van der Waals surface area contributed by atoms with E-state index < -0.39 is 32.5 Å². The first-order valence-electron chi connectivity index (χ1n) is 25.0. The van der Waals surface area contributed by atoms with Crippen molar-refractivity contribution in [2.24, 2.45) is 0 Å². The minimum atomic E-state index is -4.64. The average molecular weight is 892 g/mol. The van der Waals surface area contributed by atoms with E-state index in [9.17, 15) is 19.0 Å². The SMILES string of the molecule is CC/C=C\C/C=C\C/C=C\C/C=C\C/C=C\CCCCCC(=O)OC(COC(=O)CCCCCCCCCCCCCCCCCCCCC)COP(=O)([O-])OCC[N+](C)(C)C. The molecule has 0 amide bonds. The number of phosphoric acid groups is 1. The summed E-state index contributed by atoms with van der Waals surface area (Å²) >= 11 is 0. The largest absolute Gasteiger partial charge is 0.756 e. The summed E-state index contributed by atoms with van der Waals surface area (Å²) < 4.78 is 34.0. The third-order valence-corrected chi connectivity index (χ3v) is 11.5. The van der Waals surface area contributed by atoms with E-state index in [0.717, 1.165) is 70.6 Å². The van der Waals surface area contributed by atoms with Gasteiger partial charge in [-0.25, -0.2) is 0 Å². The maximum atomic E-state index is 12.7. The molecule has 0 aliphatic heterocycles. The van der Waals surface area contributed by atoms with Crippen LogP contribution in [0.2, 0.25) is 0 Å². The molecule has 2 unspecified atom stereocenters. The number of unbranched alkanes of at least 4 members (excludes halogenated alkanes) is 21. The quantitative estimate of drug-likeness (QED) is 0.0195. The number of carbonyl (C=O) groups is 2. The number of carbonyl (C=O) groups excluding carboxylic acids is 2. The van der Waals surface area contributed by atoms with Gasteiger partial charge in [0.15, 0.2) is 6.10 Å². The van der Waals surface area contributed by atoms with E-state index in [-0.39, 0.29) is 26.1 Å². The van der Waals surface area contributed by atoms with Gasteiger partial charge in [0, 0.05) is 12.8 Å². The zero-order valence-corrected chi connectivity index (χ0v) is 41.4. The van der Waals surface area contributed by atoms with Gasteiger partial charge in [-0.15, -0.1) is 0 Å². The summed E-state index contributed by atoms with van der Waals surface area (Å²) in [7, 11) is 1.14. The fourth-order valence-electron chi connectivity index (χ4n) is 6.68. The molecule has 0 saturated carbocycles. The molecule has 0 N–H and O–H groups in total. The molecule has 0 aliphatic carbocycles. The van der Waals surface area contributed by atoms with Crippen molar-refractivity contribution in [1.82, 2.24) is 0 Å². The molecule has 0 aromatic carbocycles. The summed E-state index contributed by atoms with van der Waals surface area (Å²) in [6.07, 6.45) is 53.9. The van der Waals surface area contributed by atoms with Crippen molar-refractivity contribution >= 4 is 19.8 Å². The van der Waals surface area contributed by atoms with Crippen molar-refractivity contribution in [3.8, 4) is 0 Å². The number of esters is 2. The molecule has 0 aromatic heterocycles. The predicted molar refractivity (Wildman–Crippen MR) is 259 cm³/mol. The number of quaternary nitrogens is 1. The molecule has 10 heteroatoms. The number of allylic oxidation sites excluding steroid dienone is 10. The number of hydrogen-bond donors (Lipinski definition) is 0. The van der Waals surface area contributed by atoms with Crippen LogP contribution in [0.5, 0.6) is 0 Å². The van der Waals surface area contributed by atoms with Crippen LogP contribution in [-0.2, 0) is 32.7 Å². The standard InChI is InChI=1S/C52H94NO8P/c1-6-8-10-12-14-16-18-20-22-24-26-28-30-32-34-36-38-40-42-44-51(54)58-48-50(49-60-62(56,57)59-47-46-53(3,4)5)61-52(55)45-43-41-39-37-35-33-31-29-27-25-23-21-19-17-15-13-11-9-7-2/h9,11,15,17,21,23,27,29,33,35,50H,6-8,10,12-14,16,18-20,22,24-26,28,30-32,34,36-49H2,1-5H3/b11-9-,17-15-,23-21-,29-27-,35-33-. The highest BCUT2D eigenvalue weighted by Gasteiger charge is 2.21. The first kappa shape index (κ1) is 59.7. The van der Waals surface area contributed by atoms with Gasteiger partial charge in [0.1, 0.15) is 19.8 Å². The molecule has 62 heavy (non-hydrogen) atoms. The highest BCUT2D eigenvalue weighted by atomic mass is 31.2. The Morgan fingerprint density at radius 3 is 1.37 bits per heavy atom. The molecule has 2 atom stereocenters. The Kier molecular flexibility index (Phi) is 42.3. The molecular weight excluding hydrogens is 798 g/mol. The van der Waals surface area contributed by atoms with Gasteiger partial charge in [-0.3, -0.25) is 14.2 Å². The zero-order valence-electron chi connectivity index (χ0n) is 40.6. The minimum Gasteiger partial charge on any atom is -0.756 e. The van der Waals surface area contributed by atoms with E-state index in [2.05, 4.69) is 74.6 Å². The maximum absolute atomic E-state index is 12.7. The highest BCUT2D eigenvalue weighted by molar-refractivity contribution is 7.45. The molecule has 0 fully saturated rings. The topological polar surface area (TPSA) is 111 Å². The molecule has 0 aliphatic rings. The van der Waals surface area contributed by atoms with Crippen LogP contribution in [0.3, 0.4) is 0 Å². The van der Waals surface area contributed by atoms with Gasteiger partial charge in [-0.1, -0.05) is 197 Å². The number of likely N-dealkylation sites (N-methyl/N-ethyl adjacent to an activating group) is 1. The third-order valence-electron chi connectivity index (χ3n) is 10.6. The fourth-order valence-corrected chi connectivity index (χ4v) is 7.41. The Hall–Kier alpha value is -2.29. The number of phosphoric ester groups is 1. The molecule has 0 radical (unpaired) electrons. The lowest BCUT2D eigenvalue weighted by Gasteiger charge is -2.28. The second-order valence-corrected chi connectivity index (χ2v) is 19.2. The molecule has 0 aromatic rings. The van der Waals surface area contributed by atoms with Crippen LogP contribution in [-0.4, -0.2) is 70.0 Å². The van der Waals surface area contributed by atoms with Gasteiger partial charge >= 0.3 is 11.9 Å². The lowest BCUT2D eigenvalue weighted by atomic mass is 10.0. The van der Waals surface area contributed by atoms with E-state index in [0.29, 0.717) is 17.4 Å². The van der Waals surface area contributed by atoms with Crippen molar-refractivity contribution in [2.45, 2.75) is 213 Å². The van der Waals surface area contributed by atoms with Crippen LogP contribution in [0.1, 0.15) is 206 Å². The maximum Gasteiger partial charge on any atom is 0.306 e. The Balaban J connectivity index is 4.33. The Labute approximate surface area is 381 Å². The zero-order chi connectivity index (χ0) is 45.7. The van der Waals surface area contributed by atoms with Crippen LogP contribution < -0.4 is 4.89 Å². The van der Waals surface area contributed by atoms with Crippen molar-refractivity contribution in [2.75, 3.05) is 47.5 Å². The van der Waals surface area contributed by atoms with Crippen LogP contribution >= 0.6 is 7.82 Å². The van der Waals surface area contributed by atoms with Crippen molar-refractivity contribution in [1.29, 1.82) is 0 Å². The number of rotatable bonds is 45. The van der Waals surface area contributed by atoms with Crippen LogP contribution in [0.15, 0.2) is 60.8 Å². The van der Waals surface area contributed by atoms with E-state index in [4.69, 9.17) is 18.5 Å². The van der Waals surface area contributed by atoms with Gasteiger partial charge < -0.3 is 27.9 Å². The van der Waals surface area contributed by atoms with Gasteiger partial charge in [-0.2, -0.15) is 0 Å². The summed E-state index contributed by atoms with van der Waals surface area (Å²) in [5.41, 5.74) is 0. The van der Waals surface area contributed by atoms with Crippen molar-refractivity contribution in [3.63, 3.8) is 0 Å². The molecule has 0 spiro atoms. The molecule has 0 bridgehead atoms. The van der Waals surface area contributed by atoms with E-state index in [1.165, 1.54) is 103 Å². The second kappa shape index (κ2) is 43.9. The van der Waals surface area contributed by atoms with Crippen LogP contribution in [0.4, 0.5) is 0 Å². The molecule has 0 rings (SSSR count). The van der Waals surface area contributed by atoms with E-state index in [1.54, 1.807) is 0 Å². The number of hydrogen-bond acceptors (Lipinski definition) is 8. The smallest absolute Gasteiger partial charge is 0.306 e. The molecule has 0 saturated heterocycles. The molecule has 0 heterocycles. The Morgan fingerprint density at radius 2 is 0.919 bits per heavy atom. The Morgan fingerprint density at radius 1 is 0.516 bits per heavy atom. The second-order valence-electron chi connectivity index (χ2n) is 17.8. The first-order chi connectivity index (χ1) is 30.0. The Bertz CT molecular complexity index is 1240. The monoisotopic (exact) mass is 892 g/mol. The summed E-state index contributed by atoms with van der Waals surface area (Å²) in [4.78, 5) is 37.7. The summed E-state index contributed by atoms with van der Waals surface area (Å²) in [6, 6.07) is 0. The summed E-state index contributed by atoms with van der Waals surface area (Å²) in [6.45, 7) is 4.09. The first-order valence-corrected chi connectivity index (χ1v) is 26.5. The highest BCUT2D eigenvalue weighted by Crippen LogP contribution is 2.38.